The molecule has 1 atom stereocenters. The molecule has 1 aromatic carbocycles. The van der Waals surface area contributed by atoms with Crippen molar-refractivity contribution in [3.8, 4) is 0 Å². The summed E-state index contributed by atoms with van der Waals surface area (Å²) in [6.45, 7) is 1.84. The van der Waals surface area contributed by atoms with Crippen LogP contribution in [0.25, 0.3) is 0 Å². The normalized spacial score (nSPS) is 11.3. The summed E-state index contributed by atoms with van der Waals surface area (Å²) in [5.74, 6) is -1.18. The van der Waals surface area contributed by atoms with E-state index in [1.54, 1.807) is 11.8 Å². The molecule has 1 rings (SSSR count). The number of carbonyl (C=O) groups excluding carboxylic acids is 2. The van der Waals surface area contributed by atoms with Gasteiger partial charge in [0.05, 0.1) is 16.6 Å². The van der Waals surface area contributed by atoms with Gasteiger partial charge in [0.15, 0.2) is 0 Å². The van der Waals surface area contributed by atoms with Crippen molar-refractivity contribution in [1.29, 1.82) is 0 Å². The molecule has 0 aliphatic heterocycles. The molecule has 0 radical (unpaired) electrons. The van der Waals surface area contributed by atoms with Gasteiger partial charge in [-0.1, -0.05) is 23.7 Å². The minimum absolute atomic E-state index is 0. The summed E-state index contributed by atoms with van der Waals surface area (Å²) in [4.78, 5) is 22.9. The third-order valence-corrected chi connectivity index (χ3v) is 3.40. The van der Waals surface area contributed by atoms with Gasteiger partial charge in [-0.15, -0.1) is 0 Å². The predicted molar refractivity (Wildman–Crippen MR) is 71.1 cm³/mol. The first-order valence-electron chi connectivity index (χ1n) is 5.27. The summed E-state index contributed by atoms with van der Waals surface area (Å²) in [7, 11) is 0. The molecule has 0 saturated heterocycles. The van der Waals surface area contributed by atoms with E-state index >= 15 is 0 Å². The van der Waals surface area contributed by atoms with Crippen LogP contribution in [0.5, 0.6) is 0 Å². The number of carboxylic acid groups (broad SMARTS) is 1. The van der Waals surface area contributed by atoms with E-state index in [2.05, 4.69) is 5.32 Å². The van der Waals surface area contributed by atoms with Gasteiger partial charge in [0.2, 0.25) is 0 Å². The second kappa shape index (κ2) is 8.54. The molecule has 4 nitrogen and oxygen atoms in total. The maximum atomic E-state index is 12.0. The second-order valence-corrected chi connectivity index (χ2v) is 5.10. The number of thioether (sulfide) groups is 1. The number of carboxylic acids is 1. The van der Waals surface area contributed by atoms with Crippen LogP contribution in [0.1, 0.15) is 27.6 Å². The fourth-order valence-electron chi connectivity index (χ4n) is 1.51. The molecule has 1 aromatic rings. The van der Waals surface area contributed by atoms with Gasteiger partial charge < -0.3 is 15.2 Å². The van der Waals surface area contributed by atoms with Crippen molar-refractivity contribution in [2.24, 2.45) is 0 Å². The summed E-state index contributed by atoms with van der Waals surface area (Å²) in [5, 5.41) is 13.7. The molecule has 0 heterocycles. The van der Waals surface area contributed by atoms with Crippen LogP contribution in [0.15, 0.2) is 18.2 Å². The first-order chi connectivity index (χ1) is 8.47. The molecule has 1 amide bonds. The number of nitrogens with one attached hydrogen (secondary N) is 1. The third kappa shape index (κ3) is 5.11. The molecule has 0 fully saturated rings. The molecule has 19 heavy (non-hydrogen) atoms. The van der Waals surface area contributed by atoms with Crippen molar-refractivity contribution in [1.82, 2.24) is 5.32 Å². The van der Waals surface area contributed by atoms with Gasteiger partial charge in [-0.25, -0.2) is 0 Å². The van der Waals surface area contributed by atoms with Crippen molar-refractivity contribution < 1.29 is 33.6 Å². The zero-order valence-corrected chi connectivity index (χ0v) is 12.6. The Morgan fingerprint density at radius 3 is 2.63 bits per heavy atom. The van der Waals surface area contributed by atoms with Gasteiger partial charge in [-0.3, -0.25) is 4.79 Å². The minimum atomic E-state index is -1.42. The molecule has 0 aliphatic rings. The summed E-state index contributed by atoms with van der Waals surface area (Å²) >= 11 is 7.46. The predicted octanol–water partition coefficient (Wildman–Crippen LogP) is -1.81. The maximum absolute atomic E-state index is 12.0. The van der Waals surface area contributed by atoms with Gasteiger partial charge in [0.1, 0.15) is 0 Å². The maximum Gasteiger partial charge on any atom is 1.00 e. The largest absolute Gasteiger partial charge is 1.00 e. The van der Waals surface area contributed by atoms with Crippen molar-refractivity contribution in [3.05, 3.63) is 34.3 Å². The van der Waals surface area contributed by atoms with E-state index in [0.717, 1.165) is 5.75 Å². The number of hydrogen-bond acceptors (Lipinski definition) is 4. The van der Waals surface area contributed by atoms with Gasteiger partial charge in [-0.2, -0.15) is 11.8 Å². The Bertz CT molecular complexity index is 470. The van der Waals surface area contributed by atoms with Gasteiger partial charge in [0.25, 0.3) is 5.91 Å². The number of rotatable bonds is 5. The zero-order chi connectivity index (χ0) is 13.7. The van der Waals surface area contributed by atoms with E-state index in [4.69, 9.17) is 11.6 Å². The second-order valence-electron chi connectivity index (χ2n) is 3.78. The number of hydrogen-bond donors (Lipinski definition) is 1. The van der Waals surface area contributed by atoms with Gasteiger partial charge >= 0.3 is 18.9 Å². The quantitative estimate of drug-likeness (QED) is 0.650. The van der Waals surface area contributed by atoms with Gasteiger partial charge in [-0.05, 0) is 19.2 Å². The van der Waals surface area contributed by atoms with Crippen LogP contribution in [0, 0.1) is 0 Å². The molecule has 98 valence electrons. The van der Waals surface area contributed by atoms with E-state index in [0.29, 0.717) is 0 Å². The van der Waals surface area contributed by atoms with E-state index in [9.17, 15) is 14.7 Å². The average molecular weight is 294 g/mol. The zero-order valence-electron chi connectivity index (χ0n) is 11.0. The van der Waals surface area contributed by atoms with Crippen molar-refractivity contribution >= 4 is 35.2 Å². The monoisotopic (exact) mass is 293 g/mol. The Morgan fingerprint density at radius 1 is 1.47 bits per heavy atom. The van der Waals surface area contributed by atoms with E-state index in [1.165, 1.54) is 18.2 Å². The topological polar surface area (TPSA) is 69.2 Å². The average Bonchev–Trinajstić information content (AvgIpc) is 2.28. The molecule has 0 unspecified atom stereocenters. The Balaban J connectivity index is 0.00000324. The number of aromatic carboxylic acids is 1. The smallest absolute Gasteiger partial charge is 0.545 e. The fraction of sp³-hybridized carbons (Fsp3) is 0.333. The van der Waals surface area contributed by atoms with Crippen LogP contribution in [0.2, 0.25) is 5.02 Å². The Morgan fingerprint density at radius 2 is 2.11 bits per heavy atom. The molecule has 0 saturated carbocycles. The van der Waals surface area contributed by atoms with Crippen molar-refractivity contribution in [2.75, 3.05) is 12.0 Å². The number of halogens is 1. The Labute approximate surface area is 133 Å². The standard InChI is InChI=1S/C12H14ClNO3S.Li/c1-7(6-18-2)14-11(15)10-8(12(16)17)4-3-5-9(10)13;/h3-5,7H,6H2,1-2H3,(H,14,15)(H,16,17);/q;+1/p-1/t7-;/m0./s1. The minimum Gasteiger partial charge on any atom is -0.545 e. The van der Waals surface area contributed by atoms with E-state index < -0.39 is 11.9 Å². The van der Waals surface area contributed by atoms with Crippen LogP contribution in [0.3, 0.4) is 0 Å². The molecular formula is C12H13ClLiNO3S. The summed E-state index contributed by atoms with van der Waals surface area (Å²) in [6.07, 6.45) is 1.92. The summed E-state index contributed by atoms with van der Waals surface area (Å²) in [6, 6.07) is 4.17. The molecule has 7 heteroatoms. The Kier molecular flexibility index (Phi) is 8.27. The molecule has 0 aromatic heterocycles. The first-order valence-corrected chi connectivity index (χ1v) is 7.04. The molecule has 0 aliphatic carbocycles. The molecular weight excluding hydrogens is 281 g/mol. The molecule has 0 spiro atoms. The van der Waals surface area contributed by atoms with Crippen LogP contribution in [-0.4, -0.2) is 29.9 Å². The summed E-state index contributed by atoms with van der Waals surface area (Å²) < 4.78 is 0. The van der Waals surface area contributed by atoms with Crippen LogP contribution in [-0.2, 0) is 0 Å². The first kappa shape index (κ1) is 18.4. The van der Waals surface area contributed by atoms with E-state index in [-0.39, 0.29) is 41.1 Å². The molecule has 1 N–H and O–H groups in total. The van der Waals surface area contributed by atoms with E-state index in [1.807, 2.05) is 13.2 Å². The third-order valence-electron chi connectivity index (χ3n) is 2.25. The summed E-state index contributed by atoms with van der Waals surface area (Å²) in [5.41, 5.74) is -0.247. The fourth-order valence-corrected chi connectivity index (χ4v) is 2.36. The van der Waals surface area contributed by atoms with Crippen LogP contribution in [0.4, 0.5) is 0 Å². The van der Waals surface area contributed by atoms with Crippen LogP contribution < -0.4 is 29.3 Å². The molecule has 0 bridgehead atoms. The number of amides is 1. The number of benzene rings is 1. The van der Waals surface area contributed by atoms with Gasteiger partial charge in [0, 0.05) is 17.4 Å². The Hall–Kier alpha value is -0.603. The van der Waals surface area contributed by atoms with Crippen molar-refractivity contribution in [2.45, 2.75) is 13.0 Å². The van der Waals surface area contributed by atoms with Crippen molar-refractivity contribution in [3.63, 3.8) is 0 Å². The van der Waals surface area contributed by atoms with Crippen LogP contribution >= 0.6 is 23.4 Å². The SMILES string of the molecule is CSC[C@H](C)NC(=O)c1c(Cl)cccc1C(=O)[O-].[Li+]. The number of carbonyl (C=O) groups is 2.